The molecule has 2 aromatic rings. The van der Waals surface area contributed by atoms with Gasteiger partial charge in [0.15, 0.2) is 0 Å². The van der Waals surface area contributed by atoms with Crippen LogP contribution in [0.2, 0.25) is 0 Å². The van der Waals surface area contributed by atoms with Gasteiger partial charge in [-0.3, -0.25) is 14.9 Å². The largest absolute Gasteiger partial charge is 0.307 e. The molecule has 1 aromatic heterocycles. The number of fused-ring (bicyclic) bond motifs is 1. The molecule has 0 N–H and O–H groups in total. The lowest BCUT2D eigenvalue weighted by atomic mass is 10.1. The van der Waals surface area contributed by atoms with Gasteiger partial charge >= 0.3 is 0 Å². The second-order valence-corrected chi connectivity index (χ2v) is 6.52. The molecule has 1 aliphatic rings. The van der Waals surface area contributed by atoms with Crippen LogP contribution in [0.15, 0.2) is 35.7 Å². The Hall–Kier alpha value is -1.92. The second-order valence-electron chi connectivity index (χ2n) is 5.04. The van der Waals surface area contributed by atoms with E-state index in [1.165, 1.54) is 24.3 Å². The van der Waals surface area contributed by atoms with Gasteiger partial charge in [0.1, 0.15) is 0 Å². The molecule has 1 aromatic carbocycles. The van der Waals surface area contributed by atoms with Crippen LogP contribution in [0.4, 0.5) is 11.4 Å². The lowest BCUT2D eigenvalue weighted by Crippen LogP contribution is -2.31. The molecule has 0 fully saturated rings. The summed E-state index contributed by atoms with van der Waals surface area (Å²) in [6, 6.07) is 7.60. The van der Waals surface area contributed by atoms with Crippen molar-refractivity contribution in [3.8, 4) is 0 Å². The van der Waals surface area contributed by atoms with Crippen LogP contribution < -0.4 is 4.90 Å². The smallest absolute Gasteiger partial charge is 0.269 e. The number of carbonyl (C=O) groups is 1. The van der Waals surface area contributed by atoms with Crippen molar-refractivity contribution in [2.75, 3.05) is 11.4 Å². The van der Waals surface area contributed by atoms with Crippen molar-refractivity contribution in [2.24, 2.45) is 0 Å². The van der Waals surface area contributed by atoms with Gasteiger partial charge in [0.05, 0.1) is 16.0 Å². The Morgan fingerprint density at radius 2 is 2.05 bits per heavy atom. The van der Waals surface area contributed by atoms with E-state index in [1.807, 2.05) is 11.4 Å². The number of nitro groups is 1. The standard InChI is InChI=1S/C15H13ClN2O3S/c16-12-2-1-8-17(13-7-9-22-14(12)13)15(19)10-3-5-11(6-4-10)18(20)21/h3-7,9,12H,1-2,8H2. The number of nitro benzene ring substituents is 1. The van der Waals surface area contributed by atoms with Gasteiger partial charge < -0.3 is 4.90 Å². The molecule has 0 aliphatic carbocycles. The van der Waals surface area contributed by atoms with E-state index >= 15 is 0 Å². The Morgan fingerprint density at radius 3 is 2.73 bits per heavy atom. The average Bonchev–Trinajstić information content (AvgIpc) is 2.94. The lowest BCUT2D eigenvalue weighted by molar-refractivity contribution is -0.384. The van der Waals surface area contributed by atoms with Crippen molar-refractivity contribution in [1.29, 1.82) is 0 Å². The number of nitrogens with zero attached hydrogens (tertiary/aromatic N) is 2. The van der Waals surface area contributed by atoms with Crippen molar-refractivity contribution in [3.63, 3.8) is 0 Å². The van der Waals surface area contributed by atoms with Crippen molar-refractivity contribution in [2.45, 2.75) is 18.2 Å². The fraction of sp³-hybridized carbons (Fsp3) is 0.267. The molecule has 22 heavy (non-hydrogen) atoms. The van der Waals surface area contributed by atoms with E-state index in [2.05, 4.69) is 0 Å². The van der Waals surface area contributed by atoms with E-state index < -0.39 is 4.92 Å². The average molecular weight is 337 g/mol. The third-order valence-electron chi connectivity index (χ3n) is 3.66. The molecule has 5 nitrogen and oxygen atoms in total. The number of amides is 1. The molecule has 1 atom stereocenters. The zero-order chi connectivity index (χ0) is 15.7. The number of carbonyl (C=O) groups excluding carboxylic acids is 1. The highest BCUT2D eigenvalue weighted by molar-refractivity contribution is 7.10. The third-order valence-corrected chi connectivity index (χ3v) is 5.24. The summed E-state index contributed by atoms with van der Waals surface area (Å²) < 4.78 is 0. The van der Waals surface area contributed by atoms with Crippen LogP contribution in [0.1, 0.15) is 33.5 Å². The van der Waals surface area contributed by atoms with E-state index in [0.717, 1.165) is 23.4 Å². The number of rotatable bonds is 2. The first-order valence-electron chi connectivity index (χ1n) is 6.85. The van der Waals surface area contributed by atoms with Crippen LogP contribution in [0, 0.1) is 10.1 Å². The zero-order valence-electron chi connectivity index (χ0n) is 11.6. The monoisotopic (exact) mass is 336 g/mol. The SMILES string of the molecule is O=C(c1ccc([N+](=O)[O-])cc1)N1CCCC(Cl)c2sccc21. The summed E-state index contributed by atoms with van der Waals surface area (Å²) in [6.45, 7) is 0.600. The van der Waals surface area contributed by atoms with E-state index in [-0.39, 0.29) is 17.0 Å². The third kappa shape index (κ3) is 2.71. The Balaban J connectivity index is 1.92. The highest BCUT2D eigenvalue weighted by Gasteiger charge is 2.27. The number of hydrogen-bond acceptors (Lipinski definition) is 4. The predicted molar refractivity (Wildman–Crippen MR) is 86.9 cm³/mol. The van der Waals surface area contributed by atoms with Crippen LogP contribution in [0.25, 0.3) is 0 Å². The van der Waals surface area contributed by atoms with Gasteiger partial charge in [-0.25, -0.2) is 0 Å². The summed E-state index contributed by atoms with van der Waals surface area (Å²) in [5, 5.41) is 12.6. The van der Waals surface area contributed by atoms with Gasteiger partial charge in [-0.05, 0) is 36.4 Å². The molecule has 0 bridgehead atoms. The van der Waals surface area contributed by atoms with Crippen molar-refractivity contribution in [3.05, 3.63) is 56.3 Å². The second kappa shape index (κ2) is 6.06. The Bertz CT molecular complexity index is 714. The number of hydrogen-bond donors (Lipinski definition) is 0. The number of anilines is 1. The molecule has 3 rings (SSSR count). The Kier molecular flexibility index (Phi) is 4.13. The van der Waals surface area contributed by atoms with E-state index in [4.69, 9.17) is 11.6 Å². The summed E-state index contributed by atoms with van der Waals surface area (Å²) in [7, 11) is 0. The zero-order valence-corrected chi connectivity index (χ0v) is 13.1. The Labute approximate surface area is 136 Å². The van der Waals surface area contributed by atoms with Crippen molar-refractivity contribution >= 4 is 40.2 Å². The van der Waals surface area contributed by atoms with Crippen LogP contribution in [0.5, 0.6) is 0 Å². The normalized spacial score (nSPS) is 17.7. The van der Waals surface area contributed by atoms with Gasteiger partial charge in [0, 0.05) is 29.1 Å². The molecule has 0 saturated heterocycles. The van der Waals surface area contributed by atoms with Gasteiger partial charge in [-0.2, -0.15) is 0 Å². The van der Waals surface area contributed by atoms with E-state index in [9.17, 15) is 14.9 Å². The van der Waals surface area contributed by atoms with Crippen LogP contribution in [-0.2, 0) is 0 Å². The van der Waals surface area contributed by atoms with E-state index in [0.29, 0.717) is 12.1 Å². The highest BCUT2D eigenvalue weighted by atomic mass is 35.5. The summed E-state index contributed by atoms with van der Waals surface area (Å²) in [5.41, 5.74) is 1.27. The maximum absolute atomic E-state index is 12.7. The fourth-order valence-corrected chi connectivity index (χ4v) is 3.87. The maximum Gasteiger partial charge on any atom is 0.269 e. The summed E-state index contributed by atoms with van der Waals surface area (Å²) in [5.74, 6) is -0.152. The summed E-state index contributed by atoms with van der Waals surface area (Å²) in [4.78, 5) is 25.7. The van der Waals surface area contributed by atoms with Crippen molar-refractivity contribution in [1.82, 2.24) is 0 Å². The Morgan fingerprint density at radius 1 is 1.32 bits per heavy atom. The molecule has 0 spiro atoms. The molecule has 7 heteroatoms. The fourth-order valence-electron chi connectivity index (χ4n) is 2.54. The van der Waals surface area contributed by atoms with Gasteiger partial charge in [0.2, 0.25) is 0 Å². The minimum absolute atomic E-state index is 0.0236. The highest BCUT2D eigenvalue weighted by Crippen LogP contribution is 2.41. The number of alkyl halides is 1. The predicted octanol–water partition coefficient (Wildman–Crippen LogP) is 4.38. The molecule has 1 amide bonds. The number of thiophene rings is 1. The first-order valence-corrected chi connectivity index (χ1v) is 8.17. The minimum atomic E-state index is -0.477. The first-order chi connectivity index (χ1) is 10.6. The van der Waals surface area contributed by atoms with Crippen LogP contribution >= 0.6 is 22.9 Å². The van der Waals surface area contributed by atoms with Gasteiger partial charge in [-0.15, -0.1) is 22.9 Å². The van der Waals surface area contributed by atoms with E-state index in [1.54, 1.807) is 16.2 Å². The molecular weight excluding hydrogens is 324 g/mol. The number of benzene rings is 1. The number of non-ortho nitro benzene ring substituents is 1. The lowest BCUT2D eigenvalue weighted by Gasteiger charge is -2.21. The quantitative estimate of drug-likeness (QED) is 0.464. The number of halogens is 1. The molecule has 1 aliphatic heterocycles. The molecule has 2 heterocycles. The van der Waals surface area contributed by atoms with Gasteiger partial charge in [-0.1, -0.05) is 0 Å². The topological polar surface area (TPSA) is 63.4 Å². The van der Waals surface area contributed by atoms with Crippen LogP contribution in [-0.4, -0.2) is 17.4 Å². The summed E-state index contributed by atoms with van der Waals surface area (Å²) >= 11 is 7.92. The molecule has 1 unspecified atom stereocenters. The maximum atomic E-state index is 12.7. The van der Waals surface area contributed by atoms with Crippen LogP contribution in [0.3, 0.4) is 0 Å². The minimum Gasteiger partial charge on any atom is -0.307 e. The molecule has 0 radical (unpaired) electrons. The molecule has 114 valence electrons. The molecular formula is C15H13ClN2O3S. The van der Waals surface area contributed by atoms with Gasteiger partial charge in [0.25, 0.3) is 11.6 Å². The van der Waals surface area contributed by atoms with Crippen molar-refractivity contribution < 1.29 is 9.72 Å². The first kappa shape index (κ1) is 15.0. The molecule has 0 saturated carbocycles. The summed E-state index contributed by atoms with van der Waals surface area (Å²) in [6.07, 6.45) is 1.66.